The van der Waals surface area contributed by atoms with Crippen molar-refractivity contribution in [1.82, 2.24) is 20.6 Å². The molecular formula is C18H23ClN6S. The van der Waals surface area contributed by atoms with E-state index in [1.165, 1.54) is 0 Å². The molecule has 3 N–H and O–H groups in total. The Kier molecular flexibility index (Phi) is 7.74. The van der Waals surface area contributed by atoms with Gasteiger partial charge in [0.05, 0.1) is 0 Å². The fraction of sp³-hybridized carbons (Fsp3) is 0.333. The zero-order valence-corrected chi connectivity index (χ0v) is 16.7. The molecule has 0 radical (unpaired) electrons. The summed E-state index contributed by atoms with van der Waals surface area (Å²) < 4.78 is 0. The van der Waals surface area contributed by atoms with E-state index in [4.69, 9.17) is 23.8 Å². The van der Waals surface area contributed by atoms with Gasteiger partial charge < -0.3 is 10.6 Å². The molecule has 1 aromatic heterocycles. The van der Waals surface area contributed by atoms with Crippen molar-refractivity contribution in [1.29, 1.82) is 0 Å². The van der Waals surface area contributed by atoms with Crippen LogP contribution in [-0.4, -0.2) is 34.1 Å². The van der Waals surface area contributed by atoms with E-state index in [1.807, 2.05) is 51.1 Å². The third-order valence-electron chi connectivity index (χ3n) is 3.37. The number of guanidine groups is 1. The topological polar surface area (TPSA) is 74.2 Å². The highest BCUT2D eigenvalue weighted by atomic mass is 35.5. The van der Waals surface area contributed by atoms with Crippen molar-refractivity contribution in [3.8, 4) is 0 Å². The van der Waals surface area contributed by atoms with Gasteiger partial charge in [-0.15, -0.1) is 0 Å². The van der Waals surface area contributed by atoms with Crippen LogP contribution in [-0.2, 0) is 6.42 Å². The Morgan fingerprint density at radius 1 is 1.15 bits per heavy atom. The van der Waals surface area contributed by atoms with E-state index in [-0.39, 0.29) is 0 Å². The Hall–Kier alpha value is -2.25. The summed E-state index contributed by atoms with van der Waals surface area (Å²) in [5, 5.41) is 10.4. The fourth-order valence-electron chi connectivity index (χ4n) is 2.26. The summed E-state index contributed by atoms with van der Waals surface area (Å²) in [6.45, 7) is 7.13. The summed E-state index contributed by atoms with van der Waals surface area (Å²) >= 11 is 11.2. The standard InChI is InChI=1S/C18H23ClN6S/c1-4-20-18(26)25-16(24-17-22-12(2)11-13(3)23-17)21-10-9-14-5-7-15(19)8-6-14/h5-8,11H,4,9-10H2,1-3H3,(H3,20,21,22,23,24,25,26). The molecule has 138 valence electrons. The first kappa shape index (κ1) is 20.1. The average molecular weight is 391 g/mol. The minimum Gasteiger partial charge on any atom is -0.363 e. The number of aliphatic imine (C=N–C) groups is 1. The van der Waals surface area contributed by atoms with Crippen molar-refractivity contribution in [3.05, 3.63) is 52.3 Å². The van der Waals surface area contributed by atoms with Crippen molar-refractivity contribution in [2.24, 2.45) is 4.99 Å². The van der Waals surface area contributed by atoms with E-state index in [0.717, 1.165) is 34.9 Å². The minimum atomic E-state index is 0.486. The zero-order chi connectivity index (χ0) is 18.9. The van der Waals surface area contributed by atoms with Crippen molar-refractivity contribution in [3.63, 3.8) is 0 Å². The third kappa shape index (κ3) is 6.93. The quantitative estimate of drug-likeness (QED) is 0.413. The molecule has 6 nitrogen and oxygen atoms in total. The van der Waals surface area contributed by atoms with E-state index >= 15 is 0 Å². The predicted octanol–water partition coefficient (Wildman–Crippen LogP) is 3.24. The lowest BCUT2D eigenvalue weighted by Crippen LogP contribution is -2.42. The van der Waals surface area contributed by atoms with Crippen LogP contribution < -0.4 is 16.0 Å². The van der Waals surface area contributed by atoms with Crippen LogP contribution in [0.25, 0.3) is 0 Å². The van der Waals surface area contributed by atoms with Gasteiger partial charge in [-0.05, 0) is 63.2 Å². The Morgan fingerprint density at radius 3 is 2.42 bits per heavy atom. The first-order valence-corrected chi connectivity index (χ1v) is 9.18. The van der Waals surface area contributed by atoms with Gasteiger partial charge in [-0.3, -0.25) is 10.3 Å². The molecule has 0 fully saturated rings. The highest BCUT2D eigenvalue weighted by Gasteiger charge is 2.06. The molecule has 0 saturated carbocycles. The summed E-state index contributed by atoms with van der Waals surface area (Å²) in [4.78, 5) is 13.3. The Bertz CT molecular complexity index is 756. The molecule has 0 saturated heterocycles. The van der Waals surface area contributed by atoms with Crippen molar-refractivity contribution < 1.29 is 0 Å². The van der Waals surface area contributed by atoms with Crippen LogP contribution in [0.1, 0.15) is 23.9 Å². The van der Waals surface area contributed by atoms with Gasteiger partial charge in [0.1, 0.15) is 0 Å². The second kappa shape index (κ2) is 10.0. The van der Waals surface area contributed by atoms with Crippen LogP contribution >= 0.6 is 23.8 Å². The van der Waals surface area contributed by atoms with Crippen molar-refractivity contribution in [2.75, 3.05) is 18.4 Å². The maximum atomic E-state index is 5.92. The largest absolute Gasteiger partial charge is 0.363 e. The third-order valence-corrected chi connectivity index (χ3v) is 3.86. The lowest BCUT2D eigenvalue weighted by molar-refractivity contribution is 0.935. The molecule has 0 unspecified atom stereocenters. The number of aryl methyl sites for hydroxylation is 2. The van der Waals surface area contributed by atoms with Crippen molar-refractivity contribution in [2.45, 2.75) is 27.2 Å². The first-order valence-electron chi connectivity index (χ1n) is 8.39. The number of aromatic nitrogens is 2. The molecule has 0 atom stereocenters. The molecule has 26 heavy (non-hydrogen) atoms. The molecule has 0 aliphatic heterocycles. The van der Waals surface area contributed by atoms with Gasteiger partial charge in [0.25, 0.3) is 0 Å². The number of halogens is 1. The second-order valence-corrected chi connectivity index (χ2v) is 6.54. The second-order valence-electron chi connectivity index (χ2n) is 5.69. The number of benzene rings is 1. The highest BCUT2D eigenvalue weighted by molar-refractivity contribution is 7.80. The Morgan fingerprint density at radius 2 is 1.81 bits per heavy atom. The number of anilines is 1. The number of rotatable bonds is 5. The molecule has 2 rings (SSSR count). The van der Waals surface area contributed by atoms with Gasteiger partial charge in [0.2, 0.25) is 11.9 Å². The van der Waals surface area contributed by atoms with Crippen LogP contribution in [0.15, 0.2) is 35.3 Å². The maximum absolute atomic E-state index is 5.92. The molecule has 0 amide bonds. The summed E-state index contributed by atoms with van der Waals surface area (Å²) in [5.41, 5.74) is 2.93. The van der Waals surface area contributed by atoms with Crippen molar-refractivity contribution >= 4 is 40.8 Å². The Labute approximate surface area is 164 Å². The highest BCUT2D eigenvalue weighted by Crippen LogP contribution is 2.10. The van der Waals surface area contributed by atoms with E-state index in [2.05, 4.69) is 30.9 Å². The van der Waals surface area contributed by atoms with Gasteiger partial charge in [-0.25, -0.2) is 9.97 Å². The van der Waals surface area contributed by atoms with E-state index in [9.17, 15) is 0 Å². The molecule has 2 aromatic rings. The molecule has 1 heterocycles. The van der Waals surface area contributed by atoms with Gasteiger partial charge in [0.15, 0.2) is 5.11 Å². The monoisotopic (exact) mass is 390 g/mol. The maximum Gasteiger partial charge on any atom is 0.229 e. The van der Waals surface area contributed by atoms with Gasteiger partial charge in [0, 0.05) is 29.5 Å². The summed E-state index contributed by atoms with van der Waals surface area (Å²) in [6, 6.07) is 9.66. The Balaban J connectivity index is 2.08. The lowest BCUT2D eigenvalue weighted by Gasteiger charge is -2.13. The summed E-state index contributed by atoms with van der Waals surface area (Å²) in [7, 11) is 0. The molecule has 0 bridgehead atoms. The zero-order valence-electron chi connectivity index (χ0n) is 15.1. The van der Waals surface area contributed by atoms with Gasteiger partial charge in [-0.1, -0.05) is 23.7 Å². The first-order chi connectivity index (χ1) is 12.5. The average Bonchev–Trinajstić information content (AvgIpc) is 2.56. The fourth-order valence-corrected chi connectivity index (χ4v) is 2.63. The van der Waals surface area contributed by atoms with Crippen LogP contribution in [0.3, 0.4) is 0 Å². The minimum absolute atomic E-state index is 0.486. The lowest BCUT2D eigenvalue weighted by atomic mass is 10.1. The number of hydrogen-bond acceptors (Lipinski definition) is 4. The molecule has 8 heteroatoms. The summed E-state index contributed by atoms with van der Waals surface area (Å²) in [5.74, 6) is 0.995. The number of nitrogens with zero attached hydrogens (tertiary/aromatic N) is 3. The molecule has 0 aliphatic carbocycles. The van der Waals surface area contributed by atoms with E-state index in [0.29, 0.717) is 23.6 Å². The SMILES string of the molecule is CCNC(=S)NC(=NCCc1ccc(Cl)cc1)Nc1nc(C)cc(C)n1. The molecule has 1 aromatic carbocycles. The van der Waals surface area contributed by atoms with Crippen LogP contribution in [0.4, 0.5) is 5.95 Å². The number of thiocarbonyl (C=S) groups is 1. The molecule has 0 aliphatic rings. The van der Waals surface area contributed by atoms with Crippen LogP contribution in [0.2, 0.25) is 5.02 Å². The summed E-state index contributed by atoms with van der Waals surface area (Å²) in [6.07, 6.45) is 0.783. The van der Waals surface area contributed by atoms with Crippen LogP contribution in [0, 0.1) is 13.8 Å². The predicted molar refractivity (Wildman–Crippen MR) is 112 cm³/mol. The molecule has 0 spiro atoms. The number of nitrogens with one attached hydrogen (secondary N) is 3. The van der Waals surface area contributed by atoms with Crippen LogP contribution in [0.5, 0.6) is 0 Å². The smallest absolute Gasteiger partial charge is 0.229 e. The number of hydrogen-bond donors (Lipinski definition) is 3. The van der Waals surface area contributed by atoms with Gasteiger partial charge >= 0.3 is 0 Å². The van der Waals surface area contributed by atoms with E-state index in [1.54, 1.807) is 0 Å². The van der Waals surface area contributed by atoms with E-state index < -0.39 is 0 Å². The normalized spacial score (nSPS) is 11.2. The molecular weight excluding hydrogens is 368 g/mol. The van der Waals surface area contributed by atoms with Gasteiger partial charge in [-0.2, -0.15) is 0 Å².